The zero-order valence-electron chi connectivity index (χ0n) is 11.7. The Kier molecular flexibility index (Phi) is 5.20. The number of hydrogen-bond acceptors (Lipinski definition) is 3. The molecule has 1 aliphatic rings. The number of nitrogens with zero attached hydrogens (tertiary/aromatic N) is 3. The number of hydrogen-bond donors (Lipinski definition) is 1. The topological polar surface area (TPSA) is 33.1 Å². The second kappa shape index (κ2) is 6.90. The van der Waals surface area contributed by atoms with Crippen molar-refractivity contribution in [3.63, 3.8) is 0 Å². The third-order valence-corrected chi connectivity index (χ3v) is 3.84. The summed E-state index contributed by atoms with van der Waals surface area (Å²) < 4.78 is 2.21. The average Bonchev–Trinajstić information content (AvgIpc) is 2.78. The number of rotatable bonds is 6. The van der Waals surface area contributed by atoms with Crippen LogP contribution in [-0.4, -0.2) is 46.7 Å². The van der Waals surface area contributed by atoms with Crippen LogP contribution in [0.4, 0.5) is 0 Å². The molecule has 1 aromatic heterocycles. The second-order valence-corrected chi connectivity index (χ2v) is 5.24. The lowest BCUT2D eigenvalue weighted by Gasteiger charge is -2.32. The highest BCUT2D eigenvalue weighted by Gasteiger charge is 2.17. The number of likely N-dealkylation sites (tertiary alicyclic amines) is 1. The molecular formula is C14H26N4. The Morgan fingerprint density at radius 3 is 2.72 bits per heavy atom. The van der Waals surface area contributed by atoms with Crippen molar-refractivity contribution in [3.05, 3.63) is 18.2 Å². The van der Waals surface area contributed by atoms with Gasteiger partial charge in [0.2, 0.25) is 0 Å². The predicted octanol–water partition coefficient (Wildman–Crippen LogP) is 1.66. The Balaban J connectivity index is 1.62. The number of piperidine rings is 1. The maximum atomic E-state index is 4.24. The van der Waals surface area contributed by atoms with Gasteiger partial charge in [-0.05, 0) is 45.8 Å². The molecule has 0 bridgehead atoms. The van der Waals surface area contributed by atoms with Crippen LogP contribution < -0.4 is 5.32 Å². The van der Waals surface area contributed by atoms with E-state index < -0.39 is 0 Å². The van der Waals surface area contributed by atoms with Gasteiger partial charge in [-0.3, -0.25) is 0 Å². The average molecular weight is 250 g/mol. The van der Waals surface area contributed by atoms with Gasteiger partial charge < -0.3 is 14.8 Å². The van der Waals surface area contributed by atoms with E-state index in [0.717, 1.165) is 18.9 Å². The lowest BCUT2D eigenvalue weighted by atomic mass is 10.1. The zero-order chi connectivity index (χ0) is 12.8. The van der Waals surface area contributed by atoms with Crippen LogP contribution in [0.15, 0.2) is 12.4 Å². The maximum absolute atomic E-state index is 4.24. The summed E-state index contributed by atoms with van der Waals surface area (Å²) in [5.41, 5.74) is 0. The van der Waals surface area contributed by atoms with E-state index in [2.05, 4.69) is 39.8 Å². The molecule has 0 aliphatic carbocycles. The van der Waals surface area contributed by atoms with Gasteiger partial charge in [0.15, 0.2) is 0 Å². The third kappa shape index (κ3) is 3.82. The highest BCUT2D eigenvalue weighted by Crippen LogP contribution is 2.10. The first kappa shape index (κ1) is 13.6. The second-order valence-electron chi connectivity index (χ2n) is 5.24. The van der Waals surface area contributed by atoms with Crippen molar-refractivity contribution in [2.24, 2.45) is 0 Å². The number of imidazole rings is 1. The van der Waals surface area contributed by atoms with Crippen LogP contribution in [0.25, 0.3) is 0 Å². The molecule has 0 amide bonds. The van der Waals surface area contributed by atoms with Crippen molar-refractivity contribution in [2.75, 3.05) is 26.2 Å². The maximum Gasteiger partial charge on any atom is 0.105 e. The first-order valence-corrected chi connectivity index (χ1v) is 7.23. The van der Waals surface area contributed by atoms with E-state index in [4.69, 9.17) is 0 Å². The van der Waals surface area contributed by atoms with Crippen LogP contribution in [0.5, 0.6) is 0 Å². The van der Waals surface area contributed by atoms with E-state index in [1.54, 1.807) is 0 Å². The molecule has 1 N–H and O–H groups in total. The molecule has 4 nitrogen and oxygen atoms in total. The smallest absolute Gasteiger partial charge is 0.105 e. The molecule has 2 heterocycles. The highest BCUT2D eigenvalue weighted by molar-refractivity contribution is 4.88. The number of aryl methyl sites for hydroxylation is 1. The summed E-state index contributed by atoms with van der Waals surface area (Å²) in [5, 5.41) is 3.67. The van der Waals surface area contributed by atoms with Gasteiger partial charge in [0.05, 0.1) is 0 Å². The van der Waals surface area contributed by atoms with Crippen molar-refractivity contribution in [2.45, 2.75) is 45.7 Å². The predicted molar refractivity (Wildman–Crippen MR) is 74.7 cm³/mol. The molecule has 0 unspecified atom stereocenters. The summed E-state index contributed by atoms with van der Waals surface area (Å²) in [4.78, 5) is 6.82. The van der Waals surface area contributed by atoms with Crippen LogP contribution in [0.2, 0.25) is 0 Å². The van der Waals surface area contributed by atoms with Crippen molar-refractivity contribution >= 4 is 0 Å². The number of nitrogens with one attached hydrogen (secondary N) is 1. The molecule has 0 atom stereocenters. The van der Waals surface area contributed by atoms with Crippen molar-refractivity contribution in [1.29, 1.82) is 0 Å². The molecule has 2 rings (SSSR count). The van der Waals surface area contributed by atoms with Gasteiger partial charge in [-0.1, -0.05) is 6.92 Å². The van der Waals surface area contributed by atoms with Gasteiger partial charge in [-0.25, -0.2) is 4.98 Å². The van der Waals surface area contributed by atoms with E-state index in [1.165, 1.54) is 38.9 Å². The Morgan fingerprint density at radius 2 is 2.11 bits per heavy atom. The summed E-state index contributed by atoms with van der Waals surface area (Å²) in [6.07, 6.45) is 7.79. The van der Waals surface area contributed by atoms with Crippen LogP contribution >= 0.6 is 0 Å². The van der Waals surface area contributed by atoms with Gasteiger partial charge in [0, 0.05) is 31.5 Å². The van der Waals surface area contributed by atoms with Crippen LogP contribution in [0.3, 0.4) is 0 Å². The quantitative estimate of drug-likeness (QED) is 0.833. The largest absolute Gasteiger partial charge is 0.334 e. The van der Waals surface area contributed by atoms with Gasteiger partial charge in [0.1, 0.15) is 5.82 Å². The van der Waals surface area contributed by atoms with Crippen LogP contribution in [0, 0.1) is 6.92 Å². The molecule has 1 saturated heterocycles. The van der Waals surface area contributed by atoms with E-state index in [0.29, 0.717) is 6.04 Å². The molecule has 1 aromatic rings. The highest BCUT2D eigenvalue weighted by atomic mass is 15.1. The summed E-state index contributed by atoms with van der Waals surface area (Å²) >= 11 is 0. The van der Waals surface area contributed by atoms with Crippen molar-refractivity contribution in [3.8, 4) is 0 Å². The third-order valence-electron chi connectivity index (χ3n) is 3.84. The Labute approximate surface area is 110 Å². The summed E-state index contributed by atoms with van der Waals surface area (Å²) in [6.45, 7) is 10.2. The lowest BCUT2D eigenvalue weighted by molar-refractivity contribution is 0.197. The standard InChI is InChI=1S/C14H26N4/c1-3-8-17-9-4-14(5-10-17)16-7-12-18-11-6-15-13(18)2/h6,11,14,16H,3-5,7-10,12H2,1-2H3. The van der Waals surface area contributed by atoms with Crippen LogP contribution in [-0.2, 0) is 6.54 Å². The van der Waals surface area contributed by atoms with E-state index in [-0.39, 0.29) is 0 Å². The molecule has 1 aliphatic heterocycles. The normalized spacial score (nSPS) is 18.3. The molecule has 102 valence electrons. The monoisotopic (exact) mass is 250 g/mol. The first-order chi connectivity index (χ1) is 8.79. The van der Waals surface area contributed by atoms with Gasteiger partial charge in [-0.15, -0.1) is 0 Å². The fourth-order valence-corrected chi connectivity index (χ4v) is 2.71. The molecule has 0 aromatic carbocycles. The molecule has 1 fully saturated rings. The van der Waals surface area contributed by atoms with Crippen LogP contribution in [0.1, 0.15) is 32.0 Å². The summed E-state index contributed by atoms with van der Waals surface area (Å²) in [6, 6.07) is 0.710. The van der Waals surface area contributed by atoms with Gasteiger partial charge >= 0.3 is 0 Å². The molecule has 18 heavy (non-hydrogen) atoms. The molecule has 0 spiro atoms. The molecule has 0 radical (unpaired) electrons. The Hall–Kier alpha value is -0.870. The van der Waals surface area contributed by atoms with E-state index in [1.807, 2.05) is 6.20 Å². The molecule has 0 saturated carbocycles. The summed E-state index contributed by atoms with van der Waals surface area (Å²) in [7, 11) is 0. The van der Waals surface area contributed by atoms with Gasteiger partial charge in [0.25, 0.3) is 0 Å². The minimum atomic E-state index is 0.710. The molecular weight excluding hydrogens is 224 g/mol. The van der Waals surface area contributed by atoms with Crippen molar-refractivity contribution in [1.82, 2.24) is 19.8 Å². The van der Waals surface area contributed by atoms with Crippen molar-refractivity contribution < 1.29 is 0 Å². The molecule has 4 heteroatoms. The minimum Gasteiger partial charge on any atom is -0.334 e. The fourth-order valence-electron chi connectivity index (χ4n) is 2.71. The minimum absolute atomic E-state index is 0.710. The van der Waals surface area contributed by atoms with Gasteiger partial charge in [-0.2, -0.15) is 0 Å². The SMILES string of the molecule is CCCN1CCC(NCCn2ccnc2C)CC1. The number of aromatic nitrogens is 2. The Morgan fingerprint density at radius 1 is 1.33 bits per heavy atom. The van der Waals surface area contributed by atoms with E-state index >= 15 is 0 Å². The lowest BCUT2D eigenvalue weighted by Crippen LogP contribution is -2.43. The zero-order valence-corrected chi connectivity index (χ0v) is 11.7. The van der Waals surface area contributed by atoms with E-state index in [9.17, 15) is 0 Å². The first-order valence-electron chi connectivity index (χ1n) is 7.23. The Bertz CT molecular complexity index is 339. The fraction of sp³-hybridized carbons (Fsp3) is 0.786. The summed E-state index contributed by atoms with van der Waals surface area (Å²) in [5.74, 6) is 1.11.